The number of ketones is 1. The van der Waals surface area contributed by atoms with Gasteiger partial charge in [0.25, 0.3) is 0 Å². The first-order valence-electron chi connectivity index (χ1n) is 7.62. The molecule has 0 saturated carbocycles. The van der Waals surface area contributed by atoms with E-state index in [9.17, 15) is 9.59 Å². The fraction of sp³-hybridized carbons (Fsp3) is 0.222. The van der Waals surface area contributed by atoms with E-state index in [4.69, 9.17) is 42.1 Å². The average Bonchev–Trinajstić information content (AvgIpc) is 2.65. The minimum atomic E-state index is -0.697. The van der Waals surface area contributed by atoms with Gasteiger partial charge in [0.15, 0.2) is 23.9 Å². The van der Waals surface area contributed by atoms with Crippen molar-refractivity contribution in [3.63, 3.8) is 0 Å². The minimum Gasteiger partial charge on any atom is -0.495 e. The van der Waals surface area contributed by atoms with Crippen LogP contribution in [0.5, 0.6) is 17.2 Å². The summed E-state index contributed by atoms with van der Waals surface area (Å²) in [5.74, 6) is 0.108. The highest BCUT2D eigenvalue weighted by Crippen LogP contribution is 2.38. The molecule has 3 rings (SSSR count). The molecule has 0 aromatic heterocycles. The second-order valence-electron chi connectivity index (χ2n) is 5.33. The molecule has 0 unspecified atom stereocenters. The molecule has 0 fully saturated rings. The van der Waals surface area contributed by atoms with Gasteiger partial charge in [-0.3, -0.25) is 4.79 Å². The third kappa shape index (κ3) is 3.86. The number of Topliss-reactive ketones (excluding diaryl/α,β-unsaturated/α-hetero) is 1. The van der Waals surface area contributed by atoms with Crippen molar-refractivity contribution in [2.75, 3.05) is 26.9 Å². The molecule has 26 heavy (non-hydrogen) atoms. The lowest BCUT2D eigenvalue weighted by atomic mass is 10.1. The summed E-state index contributed by atoms with van der Waals surface area (Å²) in [6.45, 7) is 0.307. The number of ether oxygens (including phenoxy) is 4. The van der Waals surface area contributed by atoms with Gasteiger partial charge in [-0.05, 0) is 30.3 Å². The van der Waals surface area contributed by atoms with E-state index >= 15 is 0 Å². The molecule has 0 radical (unpaired) electrons. The van der Waals surface area contributed by atoms with Crippen LogP contribution in [-0.2, 0) is 4.74 Å². The summed E-state index contributed by atoms with van der Waals surface area (Å²) < 4.78 is 20.9. The van der Waals surface area contributed by atoms with Crippen LogP contribution in [0.2, 0.25) is 10.0 Å². The third-order valence-electron chi connectivity index (χ3n) is 3.64. The molecule has 1 aliphatic heterocycles. The maximum atomic E-state index is 12.2. The van der Waals surface area contributed by atoms with Crippen molar-refractivity contribution in [2.24, 2.45) is 0 Å². The zero-order valence-electron chi connectivity index (χ0n) is 13.7. The van der Waals surface area contributed by atoms with Gasteiger partial charge in [0.2, 0.25) is 0 Å². The Morgan fingerprint density at radius 1 is 1.04 bits per heavy atom. The summed E-state index contributed by atoms with van der Waals surface area (Å²) in [5, 5.41) is 0.533. The number of carbonyl (C=O) groups is 2. The van der Waals surface area contributed by atoms with Crippen LogP contribution in [0.4, 0.5) is 0 Å². The van der Waals surface area contributed by atoms with E-state index in [-0.39, 0.29) is 10.6 Å². The number of halogens is 2. The summed E-state index contributed by atoms with van der Waals surface area (Å²) in [6.07, 6.45) is 0. The van der Waals surface area contributed by atoms with E-state index in [1.54, 1.807) is 12.1 Å². The second kappa shape index (κ2) is 7.85. The molecule has 6 nitrogen and oxygen atoms in total. The Kier molecular flexibility index (Phi) is 5.54. The zero-order valence-corrected chi connectivity index (χ0v) is 15.2. The molecule has 0 atom stereocenters. The molecule has 0 bridgehead atoms. The molecule has 2 aromatic rings. The Hall–Kier alpha value is -2.44. The van der Waals surface area contributed by atoms with E-state index in [1.165, 1.54) is 25.3 Å². The predicted octanol–water partition coefficient (Wildman–Crippen LogP) is 3.81. The van der Waals surface area contributed by atoms with Gasteiger partial charge in [0, 0.05) is 5.56 Å². The van der Waals surface area contributed by atoms with Gasteiger partial charge in [-0.25, -0.2) is 4.79 Å². The maximum Gasteiger partial charge on any atom is 0.338 e. The number of benzene rings is 2. The SMILES string of the molecule is COc1ccc(C(=O)COC(=O)c2cc(Cl)c3c(c2)OCCO3)cc1Cl. The molecule has 0 aliphatic carbocycles. The number of esters is 1. The van der Waals surface area contributed by atoms with Gasteiger partial charge >= 0.3 is 5.97 Å². The zero-order chi connectivity index (χ0) is 18.7. The lowest BCUT2D eigenvalue weighted by molar-refractivity contribution is 0.0474. The van der Waals surface area contributed by atoms with Crippen molar-refractivity contribution in [1.29, 1.82) is 0 Å². The first kappa shape index (κ1) is 18.4. The Labute approximate surface area is 159 Å². The summed E-state index contributed by atoms with van der Waals surface area (Å²) in [4.78, 5) is 24.4. The van der Waals surface area contributed by atoms with Gasteiger partial charge in [-0.1, -0.05) is 23.2 Å². The van der Waals surface area contributed by atoms with Gasteiger partial charge in [0.05, 0.1) is 22.7 Å². The van der Waals surface area contributed by atoms with Gasteiger partial charge in [0.1, 0.15) is 19.0 Å². The Balaban J connectivity index is 1.68. The smallest absolute Gasteiger partial charge is 0.338 e. The maximum absolute atomic E-state index is 12.2. The first-order chi connectivity index (χ1) is 12.5. The summed E-state index contributed by atoms with van der Waals surface area (Å²) in [7, 11) is 1.48. The highest BCUT2D eigenvalue weighted by Gasteiger charge is 2.21. The van der Waals surface area contributed by atoms with Crippen molar-refractivity contribution in [1.82, 2.24) is 0 Å². The van der Waals surface area contributed by atoms with Crippen molar-refractivity contribution < 1.29 is 28.5 Å². The lowest BCUT2D eigenvalue weighted by Crippen LogP contribution is -2.17. The van der Waals surface area contributed by atoms with Crippen LogP contribution in [0, 0.1) is 0 Å². The Morgan fingerprint density at radius 2 is 1.77 bits per heavy atom. The van der Waals surface area contributed by atoms with E-state index in [0.717, 1.165) is 0 Å². The third-order valence-corrected chi connectivity index (χ3v) is 4.22. The lowest BCUT2D eigenvalue weighted by Gasteiger charge is -2.19. The highest BCUT2D eigenvalue weighted by molar-refractivity contribution is 6.33. The fourth-order valence-corrected chi connectivity index (χ4v) is 2.89. The summed E-state index contributed by atoms with van der Waals surface area (Å²) in [5.41, 5.74) is 0.476. The van der Waals surface area contributed by atoms with Crippen molar-refractivity contribution in [3.05, 3.63) is 51.5 Å². The normalized spacial score (nSPS) is 12.4. The van der Waals surface area contributed by atoms with Crippen LogP contribution in [0.15, 0.2) is 30.3 Å². The predicted molar refractivity (Wildman–Crippen MR) is 95.1 cm³/mol. The standard InChI is InChI=1S/C18H14Cl2O6/c1-23-15-3-2-10(6-12(15)19)14(21)9-26-18(22)11-7-13(20)17-16(8-11)24-4-5-25-17/h2-3,6-8H,4-5,9H2,1H3. The monoisotopic (exact) mass is 396 g/mol. The average molecular weight is 397 g/mol. The largest absolute Gasteiger partial charge is 0.495 e. The number of rotatable bonds is 5. The molecule has 0 amide bonds. The Morgan fingerprint density at radius 3 is 2.50 bits per heavy atom. The minimum absolute atomic E-state index is 0.166. The fourth-order valence-electron chi connectivity index (χ4n) is 2.37. The molecule has 8 heteroatoms. The molecule has 0 saturated heterocycles. The Bertz CT molecular complexity index is 865. The quantitative estimate of drug-likeness (QED) is 0.565. The molecular weight excluding hydrogens is 383 g/mol. The summed E-state index contributed by atoms with van der Waals surface area (Å²) in [6, 6.07) is 7.45. The molecule has 1 heterocycles. The molecular formula is C18H14Cl2O6. The number of hydrogen-bond donors (Lipinski definition) is 0. The number of carbonyl (C=O) groups excluding carboxylic acids is 2. The van der Waals surface area contributed by atoms with E-state index in [0.29, 0.717) is 41.0 Å². The van der Waals surface area contributed by atoms with Crippen LogP contribution in [-0.4, -0.2) is 38.7 Å². The van der Waals surface area contributed by atoms with Crippen LogP contribution in [0.1, 0.15) is 20.7 Å². The number of hydrogen-bond acceptors (Lipinski definition) is 6. The van der Waals surface area contributed by atoms with Gasteiger partial charge < -0.3 is 18.9 Å². The van der Waals surface area contributed by atoms with Crippen LogP contribution in [0.25, 0.3) is 0 Å². The molecule has 0 N–H and O–H groups in total. The van der Waals surface area contributed by atoms with E-state index in [1.807, 2.05) is 0 Å². The molecule has 0 spiro atoms. The molecule has 136 valence electrons. The molecule has 2 aromatic carbocycles. The van der Waals surface area contributed by atoms with Crippen LogP contribution < -0.4 is 14.2 Å². The first-order valence-corrected chi connectivity index (χ1v) is 8.38. The van der Waals surface area contributed by atoms with Crippen molar-refractivity contribution >= 4 is 35.0 Å². The number of fused-ring (bicyclic) bond motifs is 1. The van der Waals surface area contributed by atoms with Crippen molar-refractivity contribution in [2.45, 2.75) is 0 Å². The van der Waals surface area contributed by atoms with Gasteiger partial charge in [-0.15, -0.1) is 0 Å². The second-order valence-corrected chi connectivity index (χ2v) is 6.15. The van der Waals surface area contributed by atoms with E-state index in [2.05, 4.69) is 0 Å². The highest BCUT2D eigenvalue weighted by atomic mass is 35.5. The van der Waals surface area contributed by atoms with Crippen LogP contribution in [0.3, 0.4) is 0 Å². The topological polar surface area (TPSA) is 71.1 Å². The van der Waals surface area contributed by atoms with E-state index < -0.39 is 18.4 Å². The molecule has 1 aliphatic rings. The van der Waals surface area contributed by atoms with Crippen molar-refractivity contribution in [3.8, 4) is 17.2 Å². The van der Waals surface area contributed by atoms with Crippen LogP contribution >= 0.6 is 23.2 Å². The summed E-state index contributed by atoms with van der Waals surface area (Å²) >= 11 is 12.1. The van der Waals surface area contributed by atoms with Gasteiger partial charge in [-0.2, -0.15) is 0 Å². The number of methoxy groups -OCH3 is 1.